The number of ether oxygens (including phenoxy) is 1. The molecule has 0 spiro atoms. The summed E-state index contributed by atoms with van der Waals surface area (Å²) < 4.78 is 6.84. The number of aliphatic hydroxyl groups excluding tert-OH is 1. The quantitative estimate of drug-likeness (QED) is 0.485. The molecule has 3 aromatic heterocycles. The monoisotopic (exact) mass is 454 g/mol. The number of amides is 1. The third kappa shape index (κ3) is 4.01. The number of carbonyl (C=O) groups is 1. The van der Waals surface area contributed by atoms with Crippen molar-refractivity contribution in [1.29, 1.82) is 5.26 Å². The maximum absolute atomic E-state index is 12.9. The highest BCUT2D eigenvalue weighted by atomic mass is 16.5. The van der Waals surface area contributed by atoms with Gasteiger partial charge in [0.15, 0.2) is 5.65 Å². The Hall–Kier alpha value is -4.13. The first-order chi connectivity index (χ1) is 16.4. The van der Waals surface area contributed by atoms with Gasteiger partial charge in [0.1, 0.15) is 11.4 Å². The average Bonchev–Trinajstić information content (AvgIpc) is 3.41. The molecule has 9 heteroatoms. The highest BCUT2D eigenvalue weighted by Gasteiger charge is 2.28. The van der Waals surface area contributed by atoms with Crippen molar-refractivity contribution < 1.29 is 14.6 Å². The Kier molecular flexibility index (Phi) is 5.53. The maximum atomic E-state index is 12.9. The number of nitrogens with one attached hydrogen (secondary N) is 1. The second-order valence-electron chi connectivity index (χ2n) is 8.32. The molecule has 0 radical (unpaired) electrons. The third-order valence-electron chi connectivity index (χ3n) is 5.72. The van der Waals surface area contributed by atoms with Gasteiger partial charge in [0.25, 0.3) is 5.91 Å². The number of aromatic nitrogens is 4. The van der Waals surface area contributed by atoms with E-state index in [9.17, 15) is 15.2 Å². The Morgan fingerprint density at radius 1 is 1.15 bits per heavy atom. The topological polar surface area (TPSA) is 125 Å². The van der Waals surface area contributed by atoms with E-state index in [2.05, 4.69) is 21.4 Å². The molecule has 9 nitrogen and oxygen atoms in total. The van der Waals surface area contributed by atoms with Gasteiger partial charge in [0.2, 0.25) is 0 Å². The molecule has 5 rings (SSSR count). The van der Waals surface area contributed by atoms with Gasteiger partial charge in [-0.1, -0.05) is 12.1 Å². The van der Waals surface area contributed by atoms with Crippen molar-refractivity contribution >= 4 is 11.6 Å². The van der Waals surface area contributed by atoms with Crippen molar-refractivity contribution in [2.45, 2.75) is 26.0 Å². The van der Waals surface area contributed by atoms with E-state index in [4.69, 9.17) is 9.84 Å². The molecule has 34 heavy (non-hydrogen) atoms. The number of nitriles is 1. The number of aryl methyl sites for hydroxylation is 2. The van der Waals surface area contributed by atoms with E-state index in [1.54, 1.807) is 28.9 Å². The summed E-state index contributed by atoms with van der Waals surface area (Å²) in [7, 11) is 0. The predicted octanol–water partition coefficient (Wildman–Crippen LogP) is 2.44. The molecule has 1 aromatic carbocycles. The van der Waals surface area contributed by atoms with Gasteiger partial charge in [-0.2, -0.15) is 10.4 Å². The largest absolute Gasteiger partial charge is 0.388 e. The lowest BCUT2D eigenvalue weighted by atomic mass is 9.99. The average molecular weight is 454 g/mol. The van der Waals surface area contributed by atoms with Gasteiger partial charge in [-0.15, -0.1) is 0 Å². The van der Waals surface area contributed by atoms with Crippen LogP contribution in [-0.4, -0.2) is 56.0 Å². The van der Waals surface area contributed by atoms with Crippen LogP contribution in [0.3, 0.4) is 0 Å². The third-order valence-corrected chi connectivity index (χ3v) is 5.72. The zero-order chi connectivity index (χ0) is 23.8. The maximum Gasteiger partial charge on any atom is 0.270 e. The standard InChI is InChI=1S/C25H22N6O3/c1-14-8-18(9-15(2)27-14)22-23(17-5-3-4-16(10-17)11-26)30-31-7-6-19(28-24(22)31)25(33)29-20-12-34-13-21(20)32/h3-10,20-21,32H,12-13H2,1-2H3,(H,29,33)/t20-,21-/m1/s1. The number of benzene rings is 1. The van der Waals surface area contributed by atoms with E-state index in [0.717, 1.165) is 28.1 Å². The zero-order valence-corrected chi connectivity index (χ0v) is 18.7. The van der Waals surface area contributed by atoms with Gasteiger partial charge < -0.3 is 15.2 Å². The summed E-state index contributed by atoms with van der Waals surface area (Å²) >= 11 is 0. The lowest BCUT2D eigenvalue weighted by molar-refractivity contribution is 0.0881. The summed E-state index contributed by atoms with van der Waals surface area (Å²) in [6.45, 7) is 4.27. The molecule has 2 atom stereocenters. The second kappa shape index (κ2) is 8.67. The van der Waals surface area contributed by atoms with Crippen LogP contribution >= 0.6 is 0 Å². The minimum absolute atomic E-state index is 0.191. The van der Waals surface area contributed by atoms with Crippen molar-refractivity contribution in [3.05, 3.63) is 71.3 Å². The summed E-state index contributed by atoms with van der Waals surface area (Å²) in [6.07, 6.45) is 0.931. The first-order valence-electron chi connectivity index (χ1n) is 10.8. The van der Waals surface area contributed by atoms with E-state index in [1.165, 1.54) is 0 Å². The molecule has 1 saturated heterocycles. The Labute approximate surface area is 195 Å². The van der Waals surface area contributed by atoms with Crippen LogP contribution in [0.2, 0.25) is 0 Å². The molecule has 1 aliphatic heterocycles. The fourth-order valence-corrected chi connectivity index (χ4v) is 4.16. The molecule has 0 bridgehead atoms. The summed E-state index contributed by atoms with van der Waals surface area (Å²) in [5, 5.41) is 26.9. The van der Waals surface area contributed by atoms with E-state index >= 15 is 0 Å². The Morgan fingerprint density at radius 2 is 1.94 bits per heavy atom. The highest BCUT2D eigenvalue weighted by molar-refractivity contribution is 5.95. The van der Waals surface area contributed by atoms with E-state index in [0.29, 0.717) is 16.9 Å². The molecule has 2 N–H and O–H groups in total. The van der Waals surface area contributed by atoms with Gasteiger partial charge in [-0.05, 0) is 49.7 Å². The smallest absolute Gasteiger partial charge is 0.270 e. The van der Waals surface area contributed by atoms with Gasteiger partial charge in [-0.25, -0.2) is 9.50 Å². The van der Waals surface area contributed by atoms with Gasteiger partial charge in [0.05, 0.1) is 42.6 Å². The van der Waals surface area contributed by atoms with Crippen molar-refractivity contribution in [2.24, 2.45) is 0 Å². The minimum Gasteiger partial charge on any atom is -0.388 e. The fraction of sp³-hybridized carbons (Fsp3) is 0.240. The molecule has 0 saturated carbocycles. The summed E-state index contributed by atoms with van der Waals surface area (Å²) in [5.41, 5.74) is 5.92. The molecule has 1 amide bonds. The first-order valence-corrected chi connectivity index (χ1v) is 10.8. The zero-order valence-electron chi connectivity index (χ0n) is 18.7. The molecule has 0 aliphatic carbocycles. The Bertz CT molecular complexity index is 1430. The van der Waals surface area contributed by atoms with Crippen molar-refractivity contribution in [1.82, 2.24) is 24.9 Å². The molecular weight excluding hydrogens is 432 g/mol. The van der Waals surface area contributed by atoms with Crippen LogP contribution < -0.4 is 5.32 Å². The number of pyridine rings is 1. The summed E-state index contributed by atoms with van der Waals surface area (Å²) in [6, 6.07) is 14.4. The lowest BCUT2D eigenvalue weighted by Gasteiger charge is -2.14. The molecule has 4 heterocycles. The van der Waals surface area contributed by atoms with Crippen LogP contribution in [0, 0.1) is 25.2 Å². The molecule has 1 aliphatic rings. The Balaban J connectivity index is 1.67. The predicted molar refractivity (Wildman–Crippen MR) is 124 cm³/mol. The molecule has 4 aromatic rings. The summed E-state index contributed by atoms with van der Waals surface area (Å²) in [4.78, 5) is 22.0. The SMILES string of the molecule is Cc1cc(-c2c(-c3cccc(C#N)c3)nn3ccc(C(=O)N[C@@H]4COC[C@H]4O)nc23)cc(C)n1. The van der Waals surface area contributed by atoms with Gasteiger partial charge >= 0.3 is 0 Å². The first kappa shape index (κ1) is 21.7. The number of fused-ring (bicyclic) bond motifs is 1. The fourth-order valence-electron chi connectivity index (χ4n) is 4.16. The molecule has 170 valence electrons. The van der Waals surface area contributed by atoms with Crippen LogP contribution in [0.15, 0.2) is 48.7 Å². The number of nitrogens with zero attached hydrogens (tertiary/aromatic N) is 5. The van der Waals surface area contributed by atoms with Crippen LogP contribution in [0.4, 0.5) is 0 Å². The van der Waals surface area contributed by atoms with Crippen LogP contribution in [0.5, 0.6) is 0 Å². The minimum atomic E-state index is -0.750. The molecule has 0 unspecified atom stereocenters. The van der Waals surface area contributed by atoms with E-state index in [-0.39, 0.29) is 18.9 Å². The van der Waals surface area contributed by atoms with Crippen molar-refractivity contribution in [3.8, 4) is 28.5 Å². The van der Waals surface area contributed by atoms with E-state index < -0.39 is 18.1 Å². The van der Waals surface area contributed by atoms with Crippen LogP contribution in [-0.2, 0) is 4.74 Å². The Morgan fingerprint density at radius 3 is 2.65 bits per heavy atom. The normalized spacial score (nSPS) is 17.6. The van der Waals surface area contributed by atoms with Crippen molar-refractivity contribution in [2.75, 3.05) is 13.2 Å². The van der Waals surface area contributed by atoms with Gasteiger partial charge in [0, 0.05) is 23.1 Å². The lowest BCUT2D eigenvalue weighted by Crippen LogP contribution is -2.42. The van der Waals surface area contributed by atoms with Crippen LogP contribution in [0.1, 0.15) is 27.4 Å². The highest BCUT2D eigenvalue weighted by Crippen LogP contribution is 2.35. The molecule has 1 fully saturated rings. The second-order valence-corrected chi connectivity index (χ2v) is 8.32. The number of rotatable bonds is 4. The van der Waals surface area contributed by atoms with Crippen LogP contribution in [0.25, 0.3) is 28.0 Å². The van der Waals surface area contributed by atoms with Crippen molar-refractivity contribution in [3.63, 3.8) is 0 Å². The molecular formula is C25H22N6O3. The number of hydrogen-bond donors (Lipinski definition) is 2. The van der Waals surface area contributed by atoms with E-state index in [1.807, 2.05) is 38.1 Å². The van der Waals surface area contributed by atoms with Gasteiger partial charge in [-0.3, -0.25) is 9.78 Å². The summed E-state index contributed by atoms with van der Waals surface area (Å²) in [5.74, 6) is -0.403. The number of hydrogen-bond acceptors (Lipinski definition) is 7. The number of aliphatic hydroxyl groups is 1. The number of carbonyl (C=O) groups excluding carboxylic acids is 1.